The summed E-state index contributed by atoms with van der Waals surface area (Å²) in [5.41, 5.74) is 4.11. The van der Waals surface area contributed by atoms with Crippen LogP contribution in [0.3, 0.4) is 0 Å². The standard InChI is InChI=1S/C30H36ClN3O4S/c1-22-15-16-23(2)27(18-22)34(39(4,37)38)17-9-14-29(35)33(21-25-12-8-13-26(31)19-25)28(30(36)32-3)20-24-10-6-5-7-11-24/h5-8,10-13,15-16,18-19,28H,9,14,17,20-21H2,1-4H3,(H,32,36). The number of carbonyl (C=O) groups excluding carboxylic acids is 2. The SMILES string of the molecule is CNC(=O)C(Cc1ccccc1)N(Cc1cccc(Cl)c1)C(=O)CCCN(c1cc(C)ccc1C)S(C)(=O)=O. The van der Waals surface area contributed by atoms with Gasteiger partial charge in [-0.1, -0.05) is 66.2 Å². The number of hydrogen-bond acceptors (Lipinski definition) is 4. The number of nitrogens with one attached hydrogen (secondary N) is 1. The first kappa shape index (κ1) is 30.2. The zero-order valence-electron chi connectivity index (χ0n) is 22.9. The molecule has 0 aromatic heterocycles. The number of sulfonamides is 1. The van der Waals surface area contributed by atoms with Crippen molar-refractivity contribution in [1.82, 2.24) is 10.2 Å². The molecule has 0 saturated carbocycles. The third-order valence-electron chi connectivity index (χ3n) is 6.54. The molecule has 3 aromatic rings. The average Bonchev–Trinajstić information content (AvgIpc) is 2.89. The number of rotatable bonds is 12. The molecule has 208 valence electrons. The molecule has 3 aromatic carbocycles. The molecule has 0 aliphatic heterocycles. The van der Waals surface area contributed by atoms with Gasteiger partial charge in [-0.3, -0.25) is 13.9 Å². The first-order chi connectivity index (χ1) is 18.5. The summed E-state index contributed by atoms with van der Waals surface area (Å²) in [7, 11) is -2.02. The molecular weight excluding hydrogens is 534 g/mol. The molecule has 0 fully saturated rings. The Bertz CT molecular complexity index is 1400. The van der Waals surface area contributed by atoms with Crippen LogP contribution in [0, 0.1) is 13.8 Å². The Balaban J connectivity index is 1.86. The van der Waals surface area contributed by atoms with Crippen molar-refractivity contribution in [3.63, 3.8) is 0 Å². The fraction of sp³-hybridized carbons (Fsp3) is 0.333. The summed E-state index contributed by atoms with van der Waals surface area (Å²) in [6.07, 6.45) is 1.87. The summed E-state index contributed by atoms with van der Waals surface area (Å²) in [5, 5.41) is 3.24. The molecule has 39 heavy (non-hydrogen) atoms. The number of anilines is 1. The molecule has 1 unspecified atom stereocenters. The maximum atomic E-state index is 13.7. The zero-order valence-corrected chi connectivity index (χ0v) is 24.4. The second kappa shape index (κ2) is 13.6. The van der Waals surface area contributed by atoms with Gasteiger partial charge in [0.1, 0.15) is 6.04 Å². The minimum atomic E-state index is -3.57. The van der Waals surface area contributed by atoms with Crippen LogP contribution >= 0.6 is 11.6 Å². The molecule has 0 spiro atoms. The lowest BCUT2D eigenvalue weighted by Crippen LogP contribution is -2.49. The minimum Gasteiger partial charge on any atom is -0.357 e. The van der Waals surface area contributed by atoms with E-state index in [1.165, 1.54) is 10.6 Å². The average molecular weight is 570 g/mol. The van der Waals surface area contributed by atoms with Crippen molar-refractivity contribution in [3.8, 4) is 0 Å². The van der Waals surface area contributed by atoms with Gasteiger partial charge in [-0.05, 0) is 60.7 Å². The van der Waals surface area contributed by atoms with E-state index in [1.807, 2.05) is 68.4 Å². The molecule has 0 bridgehead atoms. The number of carbonyl (C=O) groups is 2. The normalized spacial score (nSPS) is 12.0. The van der Waals surface area contributed by atoms with Gasteiger partial charge in [-0.2, -0.15) is 0 Å². The molecule has 0 radical (unpaired) electrons. The highest BCUT2D eigenvalue weighted by Gasteiger charge is 2.30. The summed E-state index contributed by atoms with van der Waals surface area (Å²) in [5.74, 6) is -0.517. The maximum Gasteiger partial charge on any atom is 0.242 e. The molecule has 0 aliphatic carbocycles. The van der Waals surface area contributed by atoms with Crippen LogP contribution < -0.4 is 9.62 Å². The van der Waals surface area contributed by atoms with Crippen molar-refractivity contribution in [3.05, 3.63) is 100 Å². The van der Waals surface area contributed by atoms with Crippen molar-refractivity contribution in [2.24, 2.45) is 0 Å². The maximum absolute atomic E-state index is 13.7. The molecular formula is C30H36ClN3O4S. The molecule has 1 atom stereocenters. The lowest BCUT2D eigenvalue weighted by Gasteiger charge is -2.32. The van der Waals surface area contributed by atoms with Gasteiger partial charge in [0.05, 0.1) is 11.9 Å². The van der Waals surface area contributed by atoms with E-state index in [2.05, 4.69) is 5.32 Å². The smallest absolute Gasteiger partial charge is 0.242 e. The van der Waals surface area contributed by atoms with Crippen molar-refractivity contribution >= 4 is 39.1 Å². The molecule has 0 saturated heterocycles. The van der Waals surface area contributed by atoms with E-state index >= 15 is 0 Å². The lowest BCUT2D eigenvalue weighted by atomic mass is 10.0. The fourth-order valence-corrected chi connectivity index (χ4v) is 5.75. The Morgan fingerprint density at radius 1 is 0.949 bits per heavy atom. The number of likely N-dealkylation sites (N-methyl/N-ethyl adjacent to an activating group) is 1. The van der Waals surface area contributed by atoms with E-state index in [0.29, 0.717) is 17.1 Å². The van der Waals surface area contributed by atoms with Gasteiger partial charge in [0.25, 0.3) is 0 Å². The number of halogens is 1. The Morgan fingerprint density at radius 2 is 1.64 bits per heavy atom. The van der Waals surface area contributed by atoms with Crippen LogP contribution in [0.15, 0.2) is 72.8 Å². The molecule has 0 aliphatic rings. The highest BCUT2D eigenvalue weighted by atomic mass is 35.5. The molecule has 2 amide bonds. The van der Waals surface area contributed by atoms with Gasteiger partial charge < -0.3 is 10.2 Å². The van der Waals surface area contributed by atoms with Gasteiger partial charge in [0.15, 0.2) is 0 Å². The second-order valence-electron chi connectivity index (χ2n) is 9.70. The van der Waals surface area contributed by atoms with E-state index in [-0.39, 0.29) is 37.7 Å². The molecule has 3 rings (SSSR count). The van der Waals surface area contributed by atoms with Gasteiger partial charge >= 0.3 is 0 Å². The van der Waals surface area contributed by atoms with E-state index in [4.69, 9.17) is 11.6 Å². The predicted molar refractivity (Wildman–Crippen MR) is 157 cm³/mol. The Hall–Kier alpha value is -3.36. The van der Waals surface area contributed by atoms with E-state index in [1.54, 1.807) is 30.1 Å². The van der Waals surface area contributed by atoms with Crippen molar-refractivity contribution in [1.29, 1.82) is 0 Å². The summed E-state index contributed by atoms with van der Waals surface area (Å²) < 4.78 is 26.7. The van der Waals surface area contributed by atoms with E-state index in [0.717, 1.165) is 22.3 Å². The molecule has 0 heterocycles. The Kier molecular flexibility index (Phi) is 10.5. The first-order valence-corrected chi connectivity index (χ1v) is 15.1. The third-order valence-corrected chi connectivity index (χ3v) is 7.96. The summed E-state index contributed by atoms with van der Waals surface area (Å²) >= 11 is 6.21. The summed E-state index contributed by atoms with van der Waals surface area (Å²) in [4.78, 5) is 28.4. The van der Waals surface area contributed by atoms with Crippen LogP contribution in [-0.2, 0) is 32.6 Å². The number of hydrogen-bond donors (Lipinski definition) is 1. The topological polar surface area (TPSA) is 86.8 Å². The van der Waals surface area contributed by atoms with E-state index in [9.17, 15) is 18.0 Å². The first-order valence-electron chi connectivity index (χ1n) is 12.8. The van der Waals surface area contributed by atoms with Crippen molar-refractivity contribution in [2.45, 2.75) is 45.7 Å². The Labute approximate surface area is 236 Å². The predicted octanol–water partition coefficient (Wildman–Crippen LogP) is 4.89. The van der Waals surface area contributed by atoms with Crippen LogP contribution in [0.5, 0.6) is 0 Å². The molecule has 1 N–H and O–H groups in total. The van der Waals surface area contributed by atoms with Gasteiger partial charge in [0, 0.05) is 38.0 Å². The van der Waals surface area contributed by atoms with Crippen molar-refractivity contribution < 1.29 is 18.0 Å². The second-order valence-corrected chi connectivity index (χ2v) is 12.0. The van der Waals surface area contributed by atoms with Crippen LogP contribution in [-0.4, -0.2) is 51.0 Å². The summed E-state index contributed by atoms with van der Waals surface area (Å²) in [6, 6.07) is 21.6. The number of benzene rings is 3. The van der Waals surface area contributed by atoms with Crippen LogP contribution in [0.1, 0.15) is 35.1 Å². The highest BCUT2D eigenvalue weighted by molar-refractivity contribution is 7.92. The van der Waals surface area contributed by atoms with Crippen molar-refractivity contribution in [2.75, 3.05) is 24.2 Å². The van der Waals surface area contributed by atoms with E-state index < -0.39 is 16.1 Å². The number of amides is 2. The van der Waals surface area contributed by atoms with Crippen LogP contribution in [0.4, 0.5) is 5.69 Å². The zero-order chi connectivity index (χ0) is 28.6. The lowest BCUT2D eigenvalue weighted by molar-refractivity contribution is -0.141. The minimum absolute atomic E-state index is 0.0692. The Morgan fingerprint density at radius 3 is 2.28 bits per heavy atom. The van der Waals surface area contributed by atoms with Gasteiger partial charge in [-0.15, -0.1) is 0 Å². The van der Waals surface area contributed by atoms with Gasteiger partial charge in [0.2, 0.25) is 21.8 Å². The third kappa shape index (κ3) is 8.57. The largest absolute Gasteiger partial charge is 0.357 e. The van der Waals surface area contributed by atoms with Crippen LogP contribution in [0.25, 0.3) is 0 Å². The molecule has 7 nitrogen and oxygen atoms in total. The summed E-state index contributed by atoms with van der Waals surface area (Å²) in [6.45, 7) is 4.11. The van der Waals surface area contributed by atoms with Crippen LogP contribution in [0.2, 0.25) is 5.02 Å². The molecule has 9 heteroatoms. The fourth-order valence-electron chi connectivity index (χ4n) is 4.52. The quantitative estimate of drug-likeness (QED) is 0.336. The number of nitrogens with zero attached hydrogens (tertiary/aromatic N) is 2. The monoisotopic (exact) mass is 569 g/mol. The van der Waals surface area contributed by atoms with Gasteiger partial charge in [-0.25, -0.2) is 8.42 Å². The highest BCUT2D eigenvalue weighted by Crippen LogP contribution is 2.25. The number of aryl methyl sites for hydroxylation is 2.